The molecule has 0 saturated heterocycles. The molecule has 0 aliphatic carbocycles. The third kappa shape index (κ3) is 4.26. The zero-order valence-electron chi connectivity index (χ0n) is 9.12. The van der Waals surface area contributed by atoms with Crippen LogP contribution in [0.1, 0.15) is 17.5 Å². The van der Waals surface area contributed by atoms with Gasteiger partial charge in [0.25, 0.3) is 0 Å². The maximum Gasteiger partial charge on any atom is 0.133 e. The molecule has 1 rings (SSSR count). The highest BCUT2D eigenvalue weighted by atomic mass is 32.2. The lowest BCUT2D eigenvalue weighted by molar-refractivity contribution is 0.318. The molecule has 0 aromatic heterocycles. The van der Waals surface area contributed by atoms with E-state index in [-0.39, 0.29) is 0 Å². The summed E-state index contributed by atoms with van der Waals surface area (Å²) in [6.45, 7) is 4.84. The number of rotatable bonds is 5. The minimum Gasteiger partial charge on any atom is -0.494 e. The van der Waals surface area contributed by atoms with E-state index in [1.54, 1.807) is 0 Å². The molecule has 1 aromatic carbocycles. The van der Waals surface area contributed by atoms with Crippen LogP contribution in [0, 0.1) is 24.5 Å². The van der Waals surface area contributed by atoms with Crippen LogP contribution in [0.4, 0.5) is 0 Å². The lowest BCUT2D eigenvalue weighted by atomic mass is 10.1. The van der Waals surface area contributed by atoms with Gasteiger partial charge in [-0.2, -0.15) is 5.26 Å². The molecule has 0 unspecified atom stereocenters. The second-order valence-electron chi connectivity index (χ2n) is 3.39. The first-order valence-electron chi connectivity index (χ1n) is 4.95. The van der Waals surface area contributed by atoms with Crippen LogP contribution in [0.3, 0.4) is 0 Å². The largest absolute Gasteiger partial charge is 0.494 e. The van der Waals surface area contributed by atoms with Gasteiger partial charge in [-0.3, -0.25) is 0 Å². The topological polar surface area (TPSA) is 33.0 Å². The first kappa shape index (κ1) is 11.9. The summed E-state index contributed by atoms with van der Waals surface area (Å²) in [6.07, 6.45) is 0.908. The summed E-state index contributed by atoms with van der Waals surface area (Å²) < 4.78 is 5.57. The molecule has 0 amide bonds. The second-order valence-corrected chi connectivity index (χ2v) is 4.27. The van der Waals surface area contributed by atoms with E-state index in [0.29, 0.717) is 6.61 Å². The van der Waals surface area contributed by atoms with Crippen molar-refractivity contribution in [3.63, 3.8) is 0 Å². The standard InChI is InChI=1S/C12H15NOS/c1-10-4-5-12(8-11(10)2)14-6-3-7-15-9-13/h4-5,8H,3,6-7H2,1-2H3. The van der Waals surface area contributed by atoms with Gasteiger partial charge >= 0.3 is 0 Å². The van der Waals surface area contributed by atoms with Crippen LogP contribution in [0.15, 0.2) is 18.2 Å². The number of nitriles is 1. The lowest BCUT2D eigenvalue weighted by Crippen LogP contribution is -1.98. The first-order valence-corrected chi connectivity index (χ1v) is 5.93. The SMILES string of the molecule is Cc1ccc(OCCCSC#N)cc1C. The van der Waals surface area contributed by atoms with Crippen LogP contribution in [0.2, 0.25) is 0 Å². The fourth-order valence-corrected chi connectivity index (χ4v) is 1.52. The van der Waals surface area contributed by atoms with Crippen molar-refractivity contribution in [2.24, 2.45) is 0 Å². The first-order chi connectivity index (χ1) is 7.24. The smallest absolute Gasteiger partial charge is 0.133 e. The number of aryl methyl sites for hydroxylation is 2. The Morgan fingerprint density at radius 2 is 2.13 bits per heavy atom. The molecule has 0 heterocycles. The van der Waals surface area contributed by atoms with E-state index in [2.05, 4.69) is 19.9 Å². The van der Waals surface area contributed by atoms with Crippen molar-refractivity contribution in [1.29, 1.82) is 5.26 Å². The van der Waals surface area contributed by atoms with Crippen molar-refractivity contribution in [1.82, 2.24) is 0 Å². The van der Waals surface area contributed by atoms with Crippen molar-refractivity contribution in [2.45, 2.75) is 20.3 Å². The van der Waals surface area contributed by atoms with Gasteiger partial charge in [-0.1, -0.05) is 6.07 Å². The number of nitrogens with zero attached hydrogens (tertiary/aromatic N) is 1. The number of hydrogen-bond donors (Lipinski definition) is 0. The fourth-order valence-electron chi connectivity index (χ4n) is 1.17. The number of thiocyanates is 1. The highest BCUT2D eigenvalue weighted by molar-refractivity contribution is 8.03. The molecule has 0 atom stereocenters. The normalized spacial score (nSPS) is 9.67. The van der Waals surface area contributed by atoms with Crippen LogP contribution < -0.4 is 4.74 Å². The van der Waals surface area contributed by atoms with E-state index in [1.165, 1.54) is 22.9 Å². The molecule has 2 nitrogen and oxygen atoms in total. The number of hydrogen-bond acceptors (Lipinski definition) is 3. The summed E-state index contributed by atoms with van der Waals surface area (Å²) in [6, 6.07) is 6.10. The summed E-state index contributed by atoms with van der Waals surface area (Å²) in [5.41, 5.74) is 2.53. The fraction of sp³-hybridized carbons (Fsp3) is 0.417. The van der Waals surface area contributed by atoms with Gasteiger partial charge in [-0.15, -0.1) is 0 Å². The van der Waals surface area contributed by atoms with Crippen LogP contribution >= 0.6 is 11.8 Å². The van der Waals surface area contributed by atoms with Crippen molar-refractivity contribution >= 4 is 11.8 Å². The molecule has 0 aliphatic rings. The lowest BCUT2D eigenvalue weighted by Gasteiger charge is -2.07. The van der Waals surface area contributed by atoms with E-state index in [0.717, 1.165) is 17.9 Å². The minimum atomic E-state index is 0.678. The van der Waals surface area contributed by atoms with Crippen molar-refractivity contribution in [3.05, 3.63) is 29.3 Å². The van der Waals surface area contributed by atoms with Gasteiger partial charge in [-0.25, -0.2) is 0 Å². The molecule has 0 N–H and O–H groups in total. The van der Waals surface area contributed by atoms with E-state index in [9.17, 15) is 0 Å². The Morgan fingerprint density at radius 1 is 1.33 bits per heavy atom. The summed E-state index contributed by atoms with van der Waals surface area (Å²) in [5, 5.41) is 10.4. The van der Waals surface area contributed by atoms with Crippen molar-refractivity contribution in [2.75, 3.05) is 12.4 Å². The van der Waals surface area contributed by atoms with Crippen LogP contribution in [-0.2, 0) is 0 Å². The van der Waals surface area contributed by atoms with E-state index in [4.69, 9.17) is 10.00 Å². The zero-order chi connectivity index (χ0) is 11.1. The highest BCUT2D eigenvalue weighted by Gasteiger charge is 1.97. The Labute approximate surface area is 95.3 Å². The van der Waals surface area contributed by atoms with Gasteiger partial charge in [0.2, 0.25) is 0 Å². The summed E-state index contributed by atoms with van der Waals surface area (Å²) in [7, 11) is 0. The Kier molecular flexibility index (Phi) is 5.06. The minimum absolute atomic E-state index is 0.678. The predicted molar refractivity (Wildman–Crippen MR) is 64.1 cm³/mol. The molecule has 0 fully saturated rings. The summed E-state index contributed by atoms with van der Waals surface area (Å²) in [5.74, 6) is 1.75. The number of benzene rings is 1. The quantitative estimate of drug-likeness (QED) is 0.565. The van der Waals surface area contributed by atoms with Crippen LogP contribution in [-0.4, -0.2) is 12.4 Å². The molecular weight excluding hydrogens is 206 g/mol. The zero-order valence-corrected chi connectivity index (χ0v) is 9.93. The molecule has 15 heavy (non-hydrogen) atoms. The van der Waals surface area contributed by atoms with Crippen molar-refractivity contribution in [3.8, 4) is 11.2 Å². The van der Waals surface area contributed by atoms with E-state index in [1.807, 2.05) is 17.5 Å². The third-order valence-electron chi connectivity index (χ3n) is 2.20. The molecule has 0 bridgehead atoms. The summed E-state index contributed by atoms with van der Waals surface area (Å²) >= 11 is 1.27. The Hall–Kier alpha value is -1.14. The van der Waals surface area contributed by atoms with Gasteiger partial charge < -0.3 is 4.74 Å². The van der Waals surface area contributed by atoms with Crippen molar-refractivity contribution < 1.29 is 4.74 Å². The molecule has 0 aliphatic heterocycles. The van der Waals surface area contributed by atoms with Crippen LogP contribution in [0.5, 0.6) is 5.75 Å². The number of ether oxygens (including phenoxy) is 1. The van der Waals surface area contributed by atoms with Gasteiger partial charge in [-0.05, 0) is 55.3 Å². The average molecular weight is 221 g/mol. The average Bonchev–Trinajstić information content (AvgIpc) is 2.23. The van der Waals surface area contributed by atoms with E-state index < -0.39 is 0 Å². The van der Waals surface area contributed by atoms with Gasteiger partial charge in [0, 0.05) is 5.75 Å². The maximum atomic E-state index is 8.32. The Balaban J connectivity index is 2.32. The molecule has 0 saturated carbocycles. The Bertz CT molecular complexity index is 357. The molecular formula is C12H15NOS. The van der Waals surface area contributed by atoms with Gasteiger partial charge in [0.1, 0.15) is 11.2 Å². The molecule has 3 heteroatoms. The summed E-state index contributed by atoms with van der Waals surface area (Å²) in [4.78, 5) is 0. The highest BCUT2D eigenvalue weighted by Crippen LogP contribution is 2.16. The van der Waals surface area contributed by atoms with Gasteiger partial charge in [0.05, 0.1) is 6.61 Å². The Morgan fingerprint density at radius 3 is 2.80 bits per heavy atom. The molecule has 1 aromatic rings. The molecule has 0 spiro atoms. The predicted octanol–water partition coefficient (Wildman–Crippen LogP) is 3.29. The second kappa shape index (κ2) is 6.36. The third-order valence-corrected chi connectivity index (χ3v) is 2.82. The maximum absolute atomic E-state index is 8.32. The monoisotopic (exact) mass is 221 g/mol. The van der Waals surface area contributed by atoms with Gasteiger partial charge in [0.15, 0.2) is 0 Å². The molecule has 80 valence electrons. The van der Waals surface area contributed by atoms with Crippen LogP contribution in [0.25, 0.3) is 0 Å². The van der Waals surface area contributed by atoms with E-state index >= 15 is 0 Å². The number of thioether (sulfide) groups is 1. The molecule has 0 radical (unpaired) electrons.